The van der Waals surface area contributed by atoms with Crippen LogP contribution in [0.15, 0.2) is 42.5 Å². The van der Waals surface area contributed by atoms with Crippen molar-refractivity contribution in [2.75, 3.05) is 6.54 Å². The van der Waals surface area contributed by atoms with Gasteiger partial charge in [-0.1, -0.05) is 12.1 Å². The maximum absolute atomic E-state index is 13.6. The highest BCUT2D eigenvalue weighted by molar-refractivity contribution is 5.87. The molecule has 0 amide bonds. The number of nitrogens with one attached hydrogen (secondary N) is 1. The third-order valence-corrected chi connectivity index (χ3v) is 4.66. The molecule has 1 fully saturated rings. The summed E-state index contributed by atoms with van der Waals surface area (Å²) in [6, 6.07) is 9.11. The van der Waals surface area contributed by atoms with Crippen molar-refractivity contribution in [3.63, 3.8) is 0 Å². The summed E-state index contributed by atoms with van der Waals surface area (Å²) in [5, 5.41) is 12.1. The van der Waals surface area contributed by atoms with E-state index in [0.717, 1.165) is 17.7 Å². The highest BCUT2D eigenvalue weighted by atomic mass is 19.4. The molecule has 0 aliphatic heterocycles. The normalized spacial score (nSPS) is 15.7. The quantitative estimate of drug-likeness (QED) is 0.746. The maximum atomic E-state index is 13.6. The first-order valence-electron chi connectivity index (χ1n) is 8.11. The van der Waals surface area contributed by atoms with E-state index in [9.17, 15) is 22.4 Å². The molecular formula is C19H17F4NO2. The van der Waals surface area contributed by atoms with Gasteiger partial charge in [-0.3, -0.25) is 0 Å². The number of benzene rings is 2. The Morgan fingerprint density at radius 1 is 1.15 bits per heavy atom. The Morgan fingerprint density at radius 2 is 1.88 bits per heavy atom. The summed E-state index contributed by atoms with van der Waals surface area (Å²) in [5.74, 6) is -1.92. The minimum absolute atomic E-state index is 0.172. The summed E-state index contributed by atoms with van der Waals surface area (Å²) in [6.07, 6.45) is -3.23. The molecule has 0 unspecified atom stereocenters. The highest BCUT2D eigenvalue weighted by Gasteiger charge is 2.45. The monoisotopic (exact) mass is 367 g/mol. The Balaban J connectivity index is 1.70. The van der Waals surface area contributed by atoms with Crippen molar-refractivity contribution in [1.82, 2.24) is 5.32 Å². The van der Waals surface area contributed by atoms with Gasteiger partial charge >= 0.3 is 12.1 Å². The van der Waals surface area contributed by atoms with Crippen molar-refractivity contribution in [2.24, 2.45) is 0 Å². The molecule has 26 heavy (non-hydrogen) atoms. The average Bonchev–Trinajstić information content (AvgIpc) is 3.35. The van der Waals surface area contributed by atoms with Crippen LogP contribution in [0.3, 0.4) is 0 Å². The summed E-state index contributed by atoms with van der Waals surface area (Å²) < 4.78 is 52.4. The van der Waals surface area contributed by atoms with Crippen LogP contribution in [0.4, 0.5) is 17.6 Å². The Kier molecular flexibility index (Phi) is 4.75. The minimum atomic E-state index is -4.59. The van der Waals surface area contributed by atoms with Crippen LogP contribution in [0.2, 0.25) is 0 Å². The molecule has 0 atom stereocenters. The van der Waals surface area contributed by atoms with Gasteiger partial charge in [-0.25, -0.2) is 9.18 Å². The third-order valence-electron chi connectivity index (χ3n) is 4.66. The Bertz CT molecular complexity index is 829. The van der Waals surface area contributed by atoms with E-state index in [2.05, 4.69) is 5.32 Å². The molecule has 0 aromatic heterocycles. The molecule has 2 N–H and O–H groups in total. The van der Waals surface area contributed by atoms with Crippen molar-refractivity contribution < 1.29 is 27.5 Å². The number of carboxylic acid groups (broad SMARTS) is 1. The molecule has 1 saturated carbocycles. The van der Waals surface area contributed by atoms with Gasteiger partial charge in [0.1, 0.15) is 5.82 Å². The molecule has 0 bridgehead atoms. The molecule has 2 aromatic rings. The topological polar surface area (TPSA) is 49.3 Å². The minimum Gasteiger partial charge on any atom is -0.478 e. The van der Waals surface area contributed by atoms with Gasteiger partial charge in [0.05, 0.1) is 11.1 Å². The molecule has 0 heterocycles. The number of carboxylic acids is 1. The Morgan fingerprint density at radius 3 is 2.50 bits per heavy atom. The zero-order chi connectivity index (χ0) is 18.9. The largest absolute Gasteiger partial charge is 0.478 e. The number of halogens is 4. The lowest BCUT2D eigenvalue weighted by Gasteiger charge is -2.19. The molecule has 1 aliphatic rings. The molecule has 1 aliphatic carbocycles. The molecular weight excluding hydrogens is 350 g/mol. The van der Waals surface area contributed by atoms with Crippen LogP contribution in [-0.2, 0) is 18.1 Å². The van der Waals surface area contributed by atoms with E-state index in [1.54, 1.807) is 18.2 Å². The smallest absolute Gasteiger partial charge is 0.416 e. The van der Waals surface area contributed by atoms with Crippen molar-refractivity contribution >= 4 is 5.97 Å². The van der Waals surface area contributed by atoms with E-state index < -0.39 is 28.9 Å². The molecule has 0 spiro atoms. The van der Waals surface area contributed by atoms with E-state index in [1.165, 1.54) is 6.07 Å². The van der Waals surface area contributed by atoms with Crippen LogP contribution >= 0.6 is 0 Å². The first-order chi connectivity index (χ1) is 12.2. The van der Waals surface area contributed by atoms with Gasteiger partial charge in [0.25, 0.3) is 0 Å². The van der Waals surface area contributed by atoms with Crippen LogP contribution < -0.4 is 5.32 Å². The standard InChI is InChI=1S/C19H17F4NO2/c20-16-8-14(7-15(9-16)19(21,22)23)18(4-5-18)11-24-10-12-2-1-3-13(6-12)17(25)26/h1-3,6-9,24H,4-5,10-11H2,(H,25,26). The summed E-state index contributed by atoms with van der Waals surface area (Å²) >= 11 is 0. The van der Waals surface area contributed by atoms with Crippen LogP contribution in [-0.4, -0.2) is 17.6 Å². The summed E-state index contributed by atoms with van der Waals surface area (Å²) in [7, 11) is 0. The van der Waals surface area contributed by atoms with Gasteiger partial charge in [-0.15, -0.1) is 0 Å². The number of hydrogen-bond donors (Lipinski definition) is 2. The van der Waals surface area contributed by atoms with Crippen LogP contribution in [0.1, 0.15) is 39.9 Å². The van der Waals surface area contributed by atoms with Crippen LogP contribution in [0, 0.1) is 5.82 Å². The average molecular weight is 367 g/mol. The molecule has 7 heteroatoms. The fourth-order valence-electron chi connectivity index (χ4n) is 3.04. The first-order valence-corrected chi connectivity index (χ1v) is 8.11. The van der Waals surface area contributed by atoms with Gasteiger partial charge in [-0.2, -0.15) is 13.2 Å². The van der Waals surface area contributed by atoms with Gasteiger partial charge < -0.3 is 10.4 Å². The molecule has 2 aromatic carbocycles. The van der Waals surface area contributed by atoms with Gasteiger partial charge in [-0.05, 0) is 54.3 Å². The number of rotatable bonds is 6. The number of hydrogen-bond acceptors (Lipinski definition) is 2. The van der Waals surface area contributed by atoms with E-state index in [1.807, 2.05) is 0 Å². The lowest BCUT2D eigenvalue weighted by molar-refractivity contribution is -0.137. The van der Waals surface area contributed by atoms with Crippen molar-refractivity contribution in [1.29, 1.82) is 0 Å². The molecule has 0 radical (unpaired) electrons. The zero-order valence-corrected chi connectivity index (χ0v) is 13.7. The predicted molar refractivity (Wildman–Crippen MR) is 87.4 cm³/mol. The SMILES string of the molecule is O=C(O)c1cccc(CNCC2(c3cc(F)cc(C(F)(F)F)c3)CC2)c1. The van der Waals surface area contributed by atoms with E-state index in [4.69, 9.17) is 5.11 Å². The van der Waals surface area contributed by atoms with E-state index in [-0.39, 0.29) is 5.56 Å². The second-order valence-electron chi connectivity index (χ2n) is 6.62. The van der Waals surface area contributed by atoms with Crippen LogP contribution in [0.25, 0.3) is 0 Å². The first kappa shape index (κ1) is 18.4. The fourth-order valence-corrected chi connectivity index (χ4v) is 3.04. The fraction of sp³-hybridized carbons (Fsp3) is 0.316. The molecule has 3 rings (SSSR count). The van der Waals surface area contributed by atoms with E-state index >= 15 is 0 Å². The summed E-state index contributed by atoms with van der Waals surface area (Å²) in [5.41, 5.74) is -0.210. The van der Waals surface area contributed by atoms with Gasteiger partial charge in [0, 0.05) is 18.5 Å². The van der Waals surface area contributed by atoms with Crippen LogP contribution in [0.5, 0.6) is 0 Å². The molecule has 138 valence electrons. The van der Waals surface area contributed by atoms with Crippen molar-refractivity contribution in [2.45, 2.75) is 31.0 Å². The van der Waals surface area contributed by atoms with Crippen molar-refractivity contribution in [3.05, 3.63) is 70.5 Å². The number of alkyl halides is 3. The lowest BCUT2D eigenvalue weighted by atomic mass is 9.93. The Hall–Kier alpha value is -2.41. The lowest BCUT2D eigenvalue weighted by Crippen LogP contribution is -2.27. The van der Waals surface area contributed by atoms with E-state index in [0.29, 0.717) is 37.6 Å². The summed E-state index contributed by atoms with van der Waals surface area (Å²) in [4.78, 5) is 11.0. The third kappa shape index (κ3) is 4.04. The Labute approximate surface area is 147 Å². The number of carbonyl (C=O) groups is 1. The number of aromatic carboxylic acids is 1. The second-order valence-corrected chi connectivity index (χ2v) is 6.62. The van der Waals surface area contributed by atoms with Crippen molar-refractivity contribution in [3.8, 4) is 0 Å². The maximum Gasteiger partial charge on any atom is 0.416 e. The summed E-state index contributed by atoms with van der Waals surface area (Å²) in [6.45, 7) is 0.773. The predicted octanol–water partition coefficient (Wildman–Crippen LogP) is 4.36. The van der Waals surface area contributed by atoms with Gasteiger partial charge in [0.2, 0.25) is 0 Å². The second kappa shape index (κ2) is 6.72. The van der Waals surface area contributed by atoms with Gasteiger partial charge in [0.15, 0.2) is 0 Å². The molecule has 3 nitrogen and oxygen atoms in total. The highest BCUT2D eigenvalue weighted by Crippen LogP contribution is 2.49. The zero-order valence-electron chi connectivity index (χ0n) is 13.7. The molecule has 0 saturated heterocycles.